The summed E-state index contributed by atoms with van der Waals surface area (Å²) in [6, 6.07) is 8.58. The van der Waals surface area contributed by atoms with Gasteiger partial charge >= 0.3 is 0 Å². The fourth-order valence-corrected chi connectivity index (χ4v) is 3.91. The highest BCUT2D eigenvalue weighted by Crippen LogP contribution is 2.43. The standard InChI is InChI=1S/C13H18BrNS/c14-11-4-6-12(7-5-11)16-13(10-15)8-2-1-3-9-13/h4-7H,1-3,8-10,15H2. The lowest BCUT2D eigenvalue weighted by Crippen LogP contribution is -2.36. The van der Waals surface area contributed by atoms with Gasteiger partial charge in [-0.15, -0.1) is 11.8 Å². The average molecular weight is 300 g/mol. The minimum absolute atomic E-state index is 0.298. The zero-order valence-corrected chi connectivity index (χ0v) is 11.8. The quantitative estimate of drug-likeness (QED) is 0.905. The molecule has 0 bridgehead atoms. The van der Waals surface area contributed by atoms with Gasteiger partial charge in [-0.1, -0.05) is 35.2 Å². The van der Waals surface area contributed by atoms with Crippen LogP contribution in [0, 0.1) is 0 Å². The molecule has 0 heterocycles. The zero-order valence-electron chi connectivity index (χ0n) is 9.42. The molecule has 16 heavy (non-hydrogen) atoms. The van der Waals surface area contributed by atoms with E-state index in [0.29, 0.717) is 4.75 Å². The molecule has 0 spiro atoms. The Bertz CT molecular complexity index is 330. The van der Waals surface area contributed by atoms with Crippen LogP contribution in [0.4, 0.5) is 0 Å². The second-order valence-corrected chi connectivity index (χ2v) is 6.96. The van der Waals surface area contributed by atoms with Crippen molar-refractivity contribution in [3.05, 3.63) is 28.7 Å². The lowest BCUT2D eigenvalue weighted by atomic mass is 9.88. The first-order chi connectivity index (χ1) is 7.74. The Morgan fingerprint density at radius 2 is 1.75 bits per heavy atom. The molecule has 0 unspecified atom stereocenters. The van der Waals surface area contributed by atoms with Crippen LogP contribution in [0.25, 0.3) is 0 Å². The highest BCUT2D eigenvalue weighted by Gasteiger charge is 2.31. The summed E-state index contributed by atoms with van der Waals surface area (Å²) in [7, 11) is 0. The highest BCUT2D eigenvalue weighted by molar-refractivity contribution is 9.10. The average Bonchev–Trinajstić information content (AvgIpc) is 2.33. The third kappa shape index (κ3) is 3.02. The van der Waals surface area contributed by atoms with Gasteiger partial charge in [0.1, 0.15) is 0 Å². The van der Waals surface area contributed by atoms with Gasteiger partial charge in [0.25, 0.3) is 0 Å². The van der Waals surface area contributed by atoms with E-state index in [1.54, 1.807) is 0 Å². The summed E-state index contributed by atoms with van der Waals surface area (Å²) >= 11 is 5.44. The van der Waals surface area contributed by atoms with Crippen molar-refractivity contribution >= 4 is 27.7 Å². The van der Waals surface area contributed by atoms with Crippen molar-refractivity contribution in [1.29, 1.82) is 0 Å². The number of hydrogen-bond acceptors (Lipinski definition) is 2. The summed E-state index contributed by atoms with van der Waals surface area (Å²) in [5.74, 6) is 0. The second-order valence-electron chi connectivity index (χ2n) is 4.50. The number of halogens is 1. The third-order valence-electron chi connectivity index (χ3n) is 3.28. The summed E-state index contributed by atoms with van der Waals surface area (Å²) in [6.07, 6.45) is 6.58. The van der Waals surface area contributed by atoms with Gasteiger partial charge in [0.2, 0.25) is 0 Å². The molecule has 2 N–H and O–H groups in total. The summed E-state index contributed by atoms with van der Waals surface area (Å²) in [5.41, 5.74) is 5.99. The minimum atomic E-state index is 0.298. The van der Waals surface area contributed by atoms with E-state index in [0.717, 1.165) is 11.0 Å². The van der Waals surface area contributed by atoms with E-state index < -0.39 is 0 Å². The van der Waals surface area contributed by atoms with Gasteiger partial charge in [-0.05, 0) is 37.1 Å². The van der Waals surface area contributed by atoms with Crippen LogP contribution < -0.4 is 5.73 Å². The van der Waals surface area contributed by atoms with Crippen molar-refractivity contribution in [1.82, 2.24) is 0 Å². The van der Waals surface area contributed by atoms with Crippen LogP contribution in [0.15, 0.2) is 33.6 Å². The molecule has 88 valence electrons. The summed E-state index contributed by atoms with van der Waals surface area (Å²) < 4.78 is 1.44. The van der Waals surface area contributed by atoms with Crippen molar-refractivity contribution in [2.75, 3.05) is 6.54 Å². The first-order valence-electron chi connectivity index (χ1n) is 5.89. The van der Waals surface area contributed by atoms with Gasteiger partial charge in [-0.2, -0.15) is 0 Å². The predicted octanol–water partition coefficient (Wildman–Crippen LogP) is 4.20. The molecule has 0 saturated heterocycles. The first-order valence-corrected chi connectivity index (χ1v) is 7.50. The van der Waals surface area contributed by atoms with Gasteiger partial charge in [-0.3, -0.25) is 0 Å². The maximum absolute atomic E-state index is 5.99. The van der Waals surface area contributed by atoms with E-state index in [1.165, 1.54) is 37.0 Å². The maximum atomic E-state index is 5.99. The molecule has 0 aliphatic heterocycles. The van der Waals surface area contributed by atoms with Crippen LogP contribution >= 0.6 is 27.7 Å². The molecular formula is C13H18BrNS. The van der Waals surface area contributed by atoms with Crippen molar-refractivity contribution in [2.24, 2.45) is 5.73 Å². The van der Waals surface area contributed by atoms with Crippen LogP contribution in [0.2, 0.25) is 0 Å². The van der Waals surface area contributed by atoms with Crippen LogP contribution in [0.5, 0.6) is 0 Å². The van der Waals surface area contributed by atoms with E-state index in [1.807, 2.05) is 11.8 Å². The zero-order chi connectivity index (χ0) is 11.4. The Balaban J connectivity index is 2.08. The van der Waals surface area contributed by atoms with E-state index in [2.05, 4.69) is 40.2 Å². The maximum Gasteiger partial charge on any atom is 0.0329 e. The fraction of sp³-hybridized carbons (Fsp3) is 0.538. The Kier molecular flexibility index (Phi) is 4.34. The molecule has 1 aliphatic rings. The smallest absolute Gasteiger partial charge is 0.0329 e. The lowest BCUT2D eigenvalue weighted by Gasteiger charge is -2.35. The first kappa shape index (κ1) is 12.5. The molecule has 1 nitrogen and oxygen atoms in total. The van der Waals surface area contributed by atoms with Crippen molar-refractivity contribution in [2.45, 2.75) is 41.7 Å². The molecule has 1 aromatic carbocycles. The van der Waals surface area contributed by atoms with E-state index in [-0.39, 0.29) is 0 Å². The molecule has 1 fully saturated rings. The molecule has 0 aromatic heterocycles. The van der Waals surface area contributed by atoms with Gasteiger partial charge in [-0.25, -0.2) is 0 Å². The molecular weight excluding hydrogens is 282 g/mol. The van der Waals surface area contributed by atoms with Gasteiger partial charge in [0.15, 0.2) is 0 Å². The van der Waals surface area contributed by atoms with Gasteiger partial charge in [0.05, 0.1) is 0 Å². The monoisotopic (exact) mass is 299 g/mol. The Labute approximate surface area is 110 Å². The SMILES string of the molecule is NCC1(Sc2ccc(Br)cc2)CCCCC1. The van der Waals surface area contributed by atoms with Crippen LogP contribution in [0.3, 0.4) is 0 Å². The molecule has 0 atom stereocenters. The van der Waals surface area contributed by atoms with Gasteiger partial charge < -0.3 is 5.73 Å². The number of rotatable bonds is 3. The van der Waals surface area contributed by atoms with Crippen molar-refractivity contribution < 1.29 is 0 Å². The Hall–Kier alpha value is 0.01000. The van der Waals surface area contributed by atoms with E-state index in [9.17, 15) is 0 Å². The van der Waals surface area contributed by atoms with Crippen LogP contribution in [0.1, 0.15) is 32.1 Å². The van der Waals surface area contributed by atoms with E-state index >= 15 is 0 Å². The Morgan fingerprint density at radius 3 is 2.31 bits per heavy atom. The number of benzene rings is 1. The van der Waals surface area contributed by atoms with E-state index in [4.69, 9.17) is 5.73 Å². The van der Waals surface area contributed by atoms with Crippen LogP contribution in [-0.4, -0.2) is 11.3 Å². The largest absolute Gasteiger partial charge is 0.329 e. The molecule has 0 amide bonds. The van der Waals surface area contributed by atoms with Gasteiger partial charge in [0, 0.05) is 20.7 Å². The number of nitrogens with two attached hydrogens (primary N) is 1. The highest BCUT2D eigenvalue weighted by atomic mass is 79.9. The Morgan fingerprint density at radius 1 is 1.12 bits per heavy atom. The topological polar surface area (TPSA) is 26.0 Å². The number of thioether (sulfide) groups is 1. The normalized spacial score (nSPS) is 19.6. The van der Waals surface area contributed by atoms with Crippen molar-refractivity contribution in [3.8, 4) is 0 Å². The van der Waals surface area contributed by atoms with Crippen LogP contribution in [-0.2, 0) is 0 Å². The number of hydrogen-bond donors (Lipinski definition) is 1. The molecule has 0 radical (unpaired) electrons. The third-order valence-corrected chi connectivity index (χ3v) is 5.33. The lowest BCUT2D eigenvalue weighted by molar-refractivity contribution is 0.404. The predicted molar refractivity (Wildman–Crippen MR) is 74.9 cm³/mol. The summed E-state index contributed by atoms with van der Waals surface area (Å²) in [6.45, 7) is 0.799. The fourth-order valence-electron chi connectivity index (χ4n) is 2.30. The second kappa shape index (κ2) is 5.56. The summed E-state index contributed by atoms with van der Waals surface area (Å²) in [4.78, 5) is 1.34. The molecule has 1 saturated carbocycles. The molecule has 1 aliphatic carbocycles. The minimum Gasteiger partial charge on any atom is -0.329 e. The summed E-state index contributed by atoms with van der Waals surface area (Å²) in [5, 5.41) is 0. The molecule has 1 aromatic rings. The van der Waals surface area contributed by atoms with Crippen molar-refractivity contribution in [3.63, 3.8) is 0 Å². The molecule has 3 heteroatoms. The molecule has 2 rings (SSSR count).